The number of ether oxygens (including phenoxy) is 1. The molecule has 2 aromatic carbocycles. The Balaban J connectivity index is 2.15. The van der Waals surface area contributed by atoms with E-state index in [9.17, 15) is 4.79 Å². The number of halogens is 2. The highest BCUT2D eigenvalue weighted by atomic mass is 35.5. The third kappa shape index (κ3) is 2.03. The van der Waals surface area contributed by atoms with Gasteiger partial charge < -0.3 is 4.74 Å². The normalized spacial score (nSPS) is 13.6. The quantitative estimate of drug-likeness (QED) is 0.831. The second kappa shape index (κ2) is 5.00. The predicted molar refractivity (Wildman–Crippen MR) is 80.3 cm³/mol. The van der Waals surface area contributed by atoms with E-state index in [0.717, 1.165) is 17.0 Å². The number of benzene rings is 2. The van der Waals surface area contributed by atoms with Gasteiger partial charge in [0.05, 0.1) is 35.0 Å². The molecule has 1 heterocycles. The van der Waals surface area contributed by atoms with Gasteiger partial charge >= 0.3 is 0 Å². The van der Waals surface area contributed by atoms with Crippen LogP contribution >= 0.6 is 23.2 Å². The van der Waals surface area contributed by atoms with Crippen molar-refractivity contribution in [3.63, 3.8) is 0 Å². The molecular formula is C15H11Cl2NO2. The minimum Gasteiger partial charge on any atom is -0.497 e. The zero-order chi connectivity index (χ0) is 14.3. The van der Waals surface area contributed by atoms with Crippen molar-refractivity contribution in [3.05, 3.63) is 52.0 Å². The molecule has 1 aliphatic rings. The minimum atomic E-state index is -0.0525. The molecule has 0 aliphatic carbocycles. The smallest absolute Gasteiger partial charge is 0.236 e. The van der Waals surface area contributed by atoms with E-state index in [0.29, 0.717) is 22.2 Å². The number of anilines is 2. The van der Waals surface area contributed by atoms with Crippen molar-refractivity contribution in [2.75, 3.05) is 12.0 Å². The topological polar surface area (TPSA) is 29.5 Å². The second-order valence-corrected chi connectivity index (χ2v) is 5.29. The van der Waals surface area contributed by atoms with Crippen molar-refractivity contribution in [2.24, 2.45) is 0 Å². The van der Waals surface area contributed by atoms with E-state index in [2.05, 4.69) is 0 Å². The van der Waals surface area contributed by atoms with Crippen LogP contribution in [0.15, 0.2) is 36.4 Å². The average molecular weight is 308 g/mol. The number of rotatable bonds is 2. The van der Waals surface area contributed by atoms with Crippen LogP contribution in [0.2, 0.25) is 10.0 Å². The molecule has 20 heavy (non-hydrogen) atoms. The highest BCUT2D eigenvalue weighted by Crippen LogP contribution is 2.43. The molecule has 0 unspecified atom stereocenters. The molecule has 0 spiro atoms. The molecule has 0 N–H and O–H groups in total. The first kappa shape index (κ1) is 13.3. The summed E-state index contributed by atoms with van der Waals surface area (Å²) < 4.78 is 5.18. The number of hydrogen-bond donors (Lipinski definition) is 0. The molecule has 5 heteroatoms. The average Bonchev–Trinajstić information content (AvgIpc) is 2.74. The summed E-state index contributed by atoms with van der Waals surface area (Å²) in [5, 5.41) is 0.907. The molecule has 1 amide bonds. The highest BCUT2D eigenvalue weighted by molar-refractivity contribution is 6.40. The third-order valence-electron chi connectivity index (χ3n) is 3.28. The van der Waals surface area contributed by atoms with Crippen molar-refractivity contribution in [1.82, 2.24) is 0 Å². The first-order valence-electron chi connectivity index (χ1n) is 6.05. The number of nitrogens with zero attached hydrogens (tertiary/aromatic N) is 1. The van der Waals surface area contributed by atoms with E-state index in [4.69, 9.17) is 27.9 Å². The molecule has 0 fully saturated rings. The summed E-state index contributed by atoms with van der Waals surface area (Å²) in [6, 6.07) is 10.7. The first-order chi connectivity index (χ1) is 9.61. The molecule has 102 valence electrons. The van der Waals surface area contributed by atoms with Gasteiger partial charge in [0.1, 0.15) is 5.75 Å². The Morgan fingerprint density at radius 1 is 1.15 bits per heavy atom. The zero-order valence-electron chi connectivity index (χ0n) is 10.7. The maximum absolute atomic E-state index is 12.3. The summed E-state index contributed by atoms with van der Waals surface area (Å²) in [4.78, 5) is 13.9. The Labute approximate surface area is 126 Å². The second-order valence-electron chi connectivity index (χ2n) is 4.47. The third-order valence-corrected chi connectivity index (χ3v) is 3.89. The maximum Gasteiger partial charge on any atom is 0.236 e. The molecule has 0 saturated heterocycles. The van der Waals surface area contributed by atoms with Crippen molar-refractivity contribution >= 4 is 40.5 Å². The van der Waals surface area contributed by atoms with E-state index < -0.39 is 0 Å². The van der Waals surface area contributed by atoms with Crippen LogP contribution in [0.25, 0.3) is 0 Å². The van der Waals surface area contributed by atoms with Crippen LogP contribution < -0.4 is 9.64 Å². The highest BCUT2D eigenvalue weighted by Gasteiger charge is 2.31. The van der Waals surface area contributed by atoms with Crippen LogP contribution in [0.5, 0.6) is 5.75 Å². The lowest BCUT2D eigenvalue weighted by Crippen LogP contribution is -2.21. The first-order valence-corrected chi connectivity index (χ1v) is 6.81. The predicted octanol–water partition coefficient (Wildman–Crippen LogP) is 4.22. The van der Waals surface area contributed by atoms with E-state index in [1.807, 2.05) is 18.2 Å². The monoisotopic (exact) mass is 307 g/mol. The Hall–Kier alpha value is -1.71. The summed E-state index contributed by atoms with van der Waals surface area (Å²) in [5.41, 5.74) is 2.24. The summed E-state index contributed by atoms with van der Waals surface area (Å²) in [7, 11) is 1.60. The Morgan fingerprint density at radius 3 is 2.50 bits per heavy atom. The standard InChI is InChI=1S/C15H11Cl2NO2/c1-20-10-5-6-13-9(7-10)8-14(19)18(13)15-11(16)3-2-4-12(15)17/h2-7H,8H2,1H3. The number of carbonyl (C=O) groups excluding carboxylic acids is 1. The van der Waals surface area contributed by atoms with Gasteiger partial charge in [-0.2, -0.15) is 0 Å². The largest absolute Gasteiger partial charge is 0.497 e. The lowest BCUT2D eigenvalue weighted by molar-refractivity contribution is -0.116. The minimum absolute atomic E-state index is 0.0525. The molecular weight excluding hydrogens is 297 g/mol. The maximum atomic E-state index is 12.3. The Morgan fingerprint density at radius 2 is 1.85 bits per heavy atom. The van der Waals surface area contributed by atoms with Crippen LogP contribution in [-0.2, 0) is 11.2 Å². The van der Waals surface area contributed by atoms with E-state index >= 15 is 0 Å². The van der Waals surface area contributed by atoms with Crippen molar-refractivity contribution in [2.45, 2.75) is 6.42 Å². The van der Waals surface area contributed by atoms with Gasteiger partial charge in [0.2, 0.25) is 5.91 Å². The lowest BCUT2D eigenvalue weighted by Gasteiger charge is -2.20. The van der Waals surface area contributed by atoms with Gasteiger partial charge in [0.15, 0.2) is 0 Å². The van der Waals surface area contributed by atoms with Crippen LogP contribution in [0.3, 0.4) is 0 Å². The van der Waals surface area contributed by atoms with Crippen LogP contribution in [-0.4, -0.2) is 13.0 Å². The lowest BCUT2D eigenvalue weighted by atomic mass is 10.1. The number of methoxy groups -OCH3 is 1. The summed E-state index contributed by atoms with van der Waals surface area (Å²) in [5.74, 6) is 0.673. The van der Waals surface area contributed by atoms with Gasteiger partial charge in [0.25, 0.3) is 0 Å². The van der Waals surface area contributed by atoms with Crippen molar-refractivity contribution in [3.8, 4) is 5.75 Å². The number of para-hydroxylation sites is 1. The molecule has 0 atom stereocenters. The SMILES string of the molecule is COc1ccc2c(c1)CC(=O)N2c1c(Cl)cccc1Cl. The fourth-order valence-corrected chi connectivity index (χ4v) is 2.94. The molecule has 2 aromatic rings. The number of fused-ring (bicyclic) bond motifs is 1. The van der Waals surface area contributed by atoms with Gasteiger partial charge in [-0.1, -0.05) is 29.3 Å². The van der Waals surface area contributed by atoms with E-state index in [1.54, 1.807) is 30.2 Å². The van der Waals surface area contributed by atoms with Gasteiger partial charge in [-0.15, -0.1) is 0 Å². The number of carbonyl (C=O) groups is 1. The van der Waals surface area contributed by atoms with E-state index in [1.165, 1.54) is 0 Å². The summed E-state index contributed by atoms with van der Waals surface area (Å²) >= 11 is 12.4. The van der Waals surface area contributed by atoms with Gasteiger partial charge in [0, 0.05) is 0 Å². The molecule has 0 radical (unpaired) electrons. The molecule has 3 rings (SSSR count). The van der Waals surface area contributed by atoms with Crippen molar-refractivity contribution in [1.29, 1.82) is 0 Å². The van der Waals surface area contributed by atoms with Crippen molar-refractivity contribution < 1.29 is 9.53 Å². The van der Waals surface area contributed by atoms with Crippen LogP contribution in [0.4, 0.5) is 11.4 Å². The van der Waals surface area contributed by atoms with Crippen LogP contribution in [0, 0.1) is 0 Å². The fraction of sp³-hybridized carbons (Fsp3) is 0.133. The molecule has 0 bridgehead atoms. The Bertz CT molecular complexity index is 680. The summed E-state index contributed by atoms with van der Waals surface area (Å²) in [6.45, 7) is 0. The van der Waals surface area contributed by atoms with Gasteiger partial charge in [-0.25, -0.2) is 0 Å². The Kier molecular flexibility index (Phi) is 3.32. The van der Waals surface area contributed by atoms with E-state index in [-0.39, 0.29) is 5.91 Å². The van der Waals surface area contributed by atoms with Crippen LogP contribution in [0.1, 0.15) is 5.56 Å². The van der Waals surface area contributed by atoms with Gasteiger partial charge in [-0.05, 0) is 35.9 Å². The molecule has 1 aliphatic heterocycles. The fourth-order valence-electron chi connectivity index (χ4n) is 2.37. The molecule has 0 aromatic heterocycles. The number of amides is 1. The molecule has 0 saturated carbocycles. The molecule has 3 nitrogen and oxygen atoms in total. The number of hydrogen-bond acceptors (Lipinski definition) is 2. The summed E-state index contributed by atoms with van der Waals surface area (Å²) in [6.07, 6.45) is 0.314. The zero-order valence-corrected chi connectivity index (χ0v) is 12.2. The van der Waals surface area contributed by atoms with Gasteiger partial charge in [-0.3, -0.25) is 9.69 Å².